The molecule has 0 aromatic heterocycles. The van der Waals surface area contributed by atoms with Crippen LogP contribution in [-0.2, 0) is 33.3 Å². The second kappa shape index (κ2) is 5.47. The lowest BCUT2D eigenvalue weighted by atomic mass is 10.2. The Bertz CT molecular complexity index is 470. The minimum Gasteiger partial charge on any atom is -0.467 e. The van der Waals surface area contributed by atoms with E-state index in [-0.39, 0.29) is 6.61 Å². The molecule has 11 heteroatoms. The Balaban J connectivity index is 2.96. The molecule has 1 aliphatic heterocycles. The lowest BCUT2D eigenvalue weighted by molar-refractivity contribution is -0.168. The van der Waals surface area contributed by atoms with Crippen LogP contribution in [0.25, 0.3) is 0 Å². The molecule has 1 rings (SSSR count). The van der Waals surface area contributed by atoms with E-state index < -0.39 is 39.6 Å². The van der Waals surface area contributed by atoms with Crippen LogP contribution in [-0.4, -0.2) is 51.6 Å². The fraction of sp³-hybridized carbons (Fsp3) is 0.889. The maximum atomic E-state index is 12.3. The lowest BCUT2D eigenvalue weighted by Gasteiger charge is -2.22. The van der Waals surface area contributed by atoms with Crippen molar-refractivity contribution in [3.63, 3.8) is 0 Å². The van der Waals surface area contributed by atoms with Gasteiger partial charge in [0.25, 0.3) is 0 Å². The van der Waals surface area contributed by atoms with Gasteiger partial charge in [-0.05, 0) is 13.8 Å². The molecule has 0 aromatic rings. The predicted molar refractivity (Wildman–Crippen MR) is 56.8 cm³/mol. The molecule has 2 atom stereocenters. The molecular weight excluding hydrogens is 309 g/mol. The molecule has 1 aliphatic rings. The van der Waals surface area contributed by atoms with Crippen molar-refractivity contribution in [1.82, 2.24) is 0 Å². The smallest absolute Gasteiger partial charge is 0.467 e. The number of methoxy groups -OCH3 is 1. The van der Waals surface area contributed by atoms with E-state index in [0.717, 1.165) is 7.11 Å². The number of ether oxygens (including phenoxy) is 3. The Morgan fingerprint density at radius 2 is 1.95 bits per heavy atom. The van der Waals surface area contributed by atoms with E-state index in [2.05, 4.69) is 8.92 Å². The summed E-state index contributed by atoms with van der Waals surface area (Å²) >= 11 is 0. The zero-order valence-electron chi connectivity index (χ0n) is 10.8. The SMILES string of the molecule is COC(=O)C(OS(=O)(=O)C(F)(F)F)C1COC(C)(C)O1. The number of alkyl halides is 3. The van der Waals surface area contributed by atoms with Crippen LogP contribution >= 0.6 is 0 Å². The first-order valence-electron chi connectivity index (χ1n) is 5.29. The third-order valence-electron chi connectivity index (χ3n) is 2.32. The summed E-state index contributed by atoms with van der Waals surface area (Å²) in [6.45, 7) is 2.57. The molecule has 0 N–H and O–H groups in total. The number of hydrogen-bond acceptors (Lipinski definition) is 7. The fourth-order valence-corrected chi connectivity index (χ4v) is 2.01. The minimum absolute atomic E-state index is 0.319. The van der Waals surface area contributed by atoms with Crippen LogP contribution in [0.5, 0.6) is 0 Å². The molecule has 0 spiro atoms. The van der Waals surface area contributed by atoms with Crippen LogP contribution in [0.1, 0.15) is 13.8 Å². The first-order valence-corrected chi connectivity index (χ1v) is 6.69. The predicted octanol–water partition coefficient (Wildman–Crippen LogP) is 0.546. The summed E-state index contributed by atoms with van der Waals surface area (Å²) in [5.74, 6) is -2.49. The highest BCUT2D eigenvalue weighted by atomic mass is 32.2. The molecule has 0 bridgehead atoms. The molecule has 1 heterocycles. The van der Waals surface area contributed by atoms with Crippen molar-refractivity contribution in [2.75, 3.05) is 13.7 Å². The zero-order chi connectivity index (χ0) is 15.8. The summed E-state index contributed by atoms with van der Waals surface area (Å²) in [6.07, 6.45) is -3.44. The van der Waals surface area contributed by atoms with Gasteiger partial charge in [-0.3, -0.25) is 0 Å². The minimum atomic E-state index is -5.96. The molecule has 20 heavy (non-hydrogen) atoms. The molecular formula is C9H13F3O7S. The summed E-state index contributed by atoms with van der Waals surface area (Å²) in [5, 5.41) is 0. The van der Waals surface area contributed by atoms with Crippen LogP contribution in [0, 0.1) is 0 Å². The van der Waals surface area contributed by atoms with E-state index in [1.54, 1.807) is 0 Å². The molecule has 0 amide bonds. The van der Waals surface area contributed by atoms with Crippen LogP contribution < -0.4 is 0 Å². The van der Waals surface area contributed by atoms with Crippen LogP contribution in [0.2, 0.25) is 0 Å². The van der Waals surface area contributed by atoms with Gasteiger partial charge >= 0.3 is 21.6 Å². The third kappa shape index (κ3) is 3.81. The first kappa shape index (κ1) is 17.1. The van der Waals surface area contributed by atoms with Crippen molar-refractivity contribution < 1.29 is 44.8 Å². The molecule has 0 radical (unpaired) electrons. The van der Waals surface area contributed by atoms with Crippen molar-refractivity contribution in [3.05, 3.63) is 0 Å². The number of hydrogen-bond donors (Lipinski definition) is 0. The number of carbonyl (C=O) groups excluding carboxylic acids is 1. The normalized spacial score (nSPS) is 24.4. The number of esters is 1. The first-order chi connectivity index (χ1) is 8.89. The van der Waals surface area contributed by atoms with Gasteiger partial charge in [0.2, 0.25) is 6.10 Å². The van der Waals surface area contributed by atoms with E-state index in [4.69, 9.17) is 9.47 Å². The van der Waals surface area contributed by atoms with Gasteiger partial charge in [-0.1, -0.05) is 0 Å². The number of rotatable bonds is 4. The van der Waals surface area contributed by atoms with E-state index in [0.29, 0.717) is 0 Å². The van der Waals surface area contributed by atoms with Crippen molar-refractivity contribution in [1.29, 1.82) is 0 Å². The average molecular weight is 322 g/mol. The van der Waals surface area contributed by atoms with Crippen molar-refractivity contribution in [2.45, 2.75) is 37.4 Å². The van der Waals surface area contributed by atoms with Crippen molar-refractivity contribution in [3.8, 4) is 0 Å². The van der Waals surface area contributed by atoms with Crippen molar-refractivity contribution >= 4 is 16.1 Å². The fourth-order valence-electron chi connectivity index (χ4n) is 1.42. The highest BCUT2D eigenvalue weighted by Crippen LogP contribution is 2.30. The largest absolute Gasteiger partial charge is 0.523 e. The van der Waals surface area contributed by atoms with Gasteiger partial charge in [-0.15, -0.1) is 0 Å². The average Bonchev–Trinajstić information content (AvgIpc) is 2.64. The van der Waals surface area contributed by atoms with Crippen LogP contribution in [0.15, 0.2) is 0 Å². The van der Waals surface area contributed by atoms with Gasteiger partial charge in [0, 0.05) is 0 Å². The molecule has 0 saturated carbocycles. The van der Waals surface area contributed by atoms with Gasteiger partial charge in [0.15, 0.2) is 5.79 Å². The lowest BCUT2D eigenvalue weighted by Crippen LogP contribution is -2.43. The Hall–Kier alpha value is -0.910. The maximum absolute atomic E-state index is 12.3. The van der Waals surface area contributed by atoms with Crippen LogP contribution in [0.4, 0.5) is 13.2 Å². The summed E-state index contributed by atoms with van der Waals surface area (Å²) < 4.78 is 77.0. The number of halogens is 3. The standard InChI is InChI=1S/C9H13F3O7S/c1-8(2)17-4-5(18-8)6(7(13)16-3)19-20(14,15)9(10,11)12/h5-6H,4H2,1-3H3. The molecule has 1 saturated heterocycles. The van der Waals surface area contributed by atoms with Gasteiger partial charge in [0.05, 0.1) is 13.7 Å². The Morgan fingerprint density at radius 3 is 2.30 bits per heavy atom. The van der Waals surface area contributed by atoms with Gasteiger partial charge in [-0.25, -0.2) is 8.98 Å². The quantitative estimate of drug-likeness (QED) is 0.424. The zero-order valence-corrected chi connectivity index (χ0v) is 11.6. The monoisotopic (exact) mass is 322 g/mol. The highest BCUT2D eigenvalue weighted by Gasteiger charge is 2.52. The van der Waals surface area contributed by atoms with Crippen molar-refractivity contribution in [2.24, 2.45) is 0 Å². The number of carbonyl (C=O) groups is 1. The molecule has 7 nitrogen and oxygen atoms in total. The summed E-state index contributed by atoms with van der Waals surface area (Å²) in [6, 6.07) is 0. The van der Waals surface area contributed by atoms with Gasteiger partial charge in [-0.2, -0.15) is 21.6 Å². The van der Waals surface area contributed by atoms with E-state index in [1.165, 1.54) is 13.8 Å². The summed E-state index contributed by atoms with van der Waals surface area (Å²) in [7, 11) is -5.09. The van der Waals surface area contributed by atoms with Gasteiger partial charge < -0.3 is 14.2 Å². The molecule has 0 aromatic carbocycles. The molecule has 0 aliphatic carbocycles. The Labute approximate surface area is 113 Å². The summed E-state index contributed by atoms with van der Waals surface area (Å²) in [4.78, 5) is 11.4. The van der Waals surface area contributed by atoms with E-state index in [9.17, 15) is 26.4 Å². The second-order valence-electron chi connectivity index (χ2n) is 4.31. The highest BCUT2D eigenvalue weighted by molar-refractivity contribution is 7.87. The maximum Gasteiger partial charge on any atom is 0.523 e. The third-order valence-corrected chi connectivity index (χ3v) is 3.34. The van der Waals surface area contributed by atoms with Crippen LogP contribution in [0.3, 0.4) is 0 Å². The topological polar surface area (TPSA) is 88.1 Å². The molecule has 2 unspecified atom stereocenters. The van der Waals surface area contributed by atoms with E-state index in [1.807, 2.05) is 0 Å². The Morgan fingerprint density at radius 1 is 1.40 bits per heavy atom. The molecule has 118 valence electrons. The molecule has 1 fully saturated rings. The Kier molecular flexibility index (Phi) is 4.69. The van der Waals surface area contributed by atoms with Gasteiger partial charge in [0.1, 0.15) is 6.10 Å². The summed E-state index contributed by atoms with van der Waals surface area (Å²) in [5.41, 5.74) is -5.66. The second-order valence-corrected chi connectivity index (χ2v) is 5.87. The van der Waals surface area contributed by atoms with E-state index >= 15 is 0 Å².